The molecule has 2 aromatic carbocycles. The minimum atomic E-state index is 0.171. The van der Waals surface area contributed by atoms with Crippen molar-refractivity contribution in [3.8, 4) is 5.75 Å². The van der Waals surface area contributed by atoms with Gasteiger partial charge in [0, 0.05) is 28.3 Å². The van der Waals surface area contributed by atoms with Crippen molar-refractivity contribution in [2.75, 3.05) is 20.2 Å². The maximum Gasteiger partial charge on any atom is 0.168 e. The summed E-state index contributed by atoms with van der Waals surface area (Å²) in [6.07, 6.45) is 0.468. The van der Waals surface area contributed by atoms with Crippen molar-refractivity contribution in [1.29, 1.82) is 0 Å². The normalized spacial score (nSPS) is 13.3. The van der Waals surface area contributed by atoms with E-state index in [1.807, 2.05) is 43.4 Å². The van der Waals surface area contributed by atoms with E-state index in [1.165, 1.54) is 0 Å². The van der Waals surface area contributed by atoms with Crippen LogP contribution in [0.5, 0.6) is 5.75 Å². The molecule has 0 fully saturated rings. The molecule has 0 amide bonds. The second-order valence-electron chi connectivity index (χ2n) is 4.92. The van der Waals surface area contributed by atoms with Crippen LogP contribution >= 0.6 is 11.8 Å². The topological polar surface area (TPSA) is 38.3 Å². The molecule has 1 aliphatic rings. The fourth-order valence-electron chi connectivity index (χ4n) is 2.31. The summed E-state index contributed by atoms with van der Waals surface area (Å²) in [6, 6.07) is 13.8. The van der Waals surface area contributed by atoms with Gasteiger partial charge in [-0.2, -0.15) is 0 Å². The molecular weight excluding hydrogens is 282 g/mol. The number of hydrogen-bond donors (Lipinski definition) is 1. The number of rotatable bonds is 4. The molecule has 0 aromatic heterocycles. The molecule has 3 rings (SSSR count). The molecule has 2 aromatic rings. The Hall–Kier alpha value is -1.78. The van der Waals surface area contributed by atoms with Gasteiger partial charge in [-0.05, 0) is 36.9 Å². The van der Waals surface area contributed by atoms with Crippen molar-refractivity contribution in [1.82, 2.24) is 5.32 Å². The van der Waals surface area contributed by atoms with Crippen LogP contribution in [-0.4, -0.2) is 26.0 Å². The smallest absolute Gasteiger partial charge is 0.168 e. The Morgan fingerprint density at radius 1 is 1.19 bits per heavy atom. The molecule has 0 bridgehead atoms. The van der Waals surface area contributed by atoms with Crippen LogP contribution in [0.1, 0.15) is 15.9 Å². The number of benzene rings is 2. The fourth-order valence-corrected chi connectivity index (χ4v) is 3.44. The number of hydrogen-bond acceptors (Lipinski definition) is 4. The fraction of sp³-hybridized carbons (Fsp3) is 0.235. The zero-order valence-electron chi connectivity index (χ0n) is 11.9. The van der Waals surface area contributed by atoms with E-state index in [1.54, 1.807) is 11.8 Å². The molecule has 108 valence electrons. The van der Waals surface area contributed by atoms with Gasteiger partial charge in [0.25, 0.3) is 0 Å². The number of carbonyl (C=O) groups is 1. The number of Topliss-reactive ketones (excluding diaryl/α,β-unsaturated/α-hetero) is 1. The van der Waals surface area contributed by atoms with Crippen LogP contribution in [0.25, 0.3) is 0 Å². The van der Waals surface area contributed by atoms with Gasteiger partial charge in [-0.1, -0.05) is 30.0 Å². The van der Waals surface area contributed by atoms with Crippen LogP contribution in [0.15, 0.2) is 52.3 Å². The van der Waals surface area contributed by atoms with E-state index in [4.69, 9.17) is 4.74 Å². The Morgan fingerprint density at radius 3 is 2.90 bits per heavy atom. The Bertz CT molecular complexity index is 670. The number of nitrogens with one attached hydrogen (secondary N) is 1. The van der Waals surface area contributed by atoms with E-state index in [0.29, 0.717) is 13.0 Å². The van der Waals surface area contributed by atoms with Gasteiger partial charge >= 0.3 is 0 Å². The lowest BCUT2D eigenvalue weighted by molar-refractivity contribution is 0.0990. The summed E-state index contributed by atoms with van der Waals surface area (Å²) in [5.74, 6) is 0.980. The number of likely N-dealkylation sites (N-methyl/N-ethyl adjacent to an activating group) is 1. The number of ether oxygens (including phenoxy) is 1. The van der Waals surface area contributed by atoms with Gasteiger partial charge in [-0.15, -0.1) is 0 Å². The quantitative estimate of drug-likeness (QED) is 0.880. The summed E-state index contributed by atoms with van der Waals surface area (Å²) in [5.41, 5.74) is 1.89. The van der Waals surface area contributed by atoms with Crippen LogP contribution in [0.3, 0.4) is 0 Å². The van der Waals surface area contributed by atoms with E-state index in [0.717, 1.165) is 33.2 Å². The average molecular weight is 299 g/mol. The predicted molar refractivity (Wildman–Crippen MR) is 84.5 cm³/mol. The van der Waals surface area contributed by atoms with Crippen LogP contribution in [0.2, 0.25) is 0 Å². The molecule has 1 heterocycles. The first-order valence-electron chi connectivity index (χ1n) is 6.98. The lowest BCUT2D eigenvalue weighted by Gasteiger charge is -2.09. The Morgan fingerprint density at radius 2 is 2.05 bits per heavy atom. The summed E-state index contributed by atoms with van der Waals surface area (Å²) in [5, 5.41) is 3.05. The lowest BCUT2D eigenvalue weighted by atomic mass is 10.0. The number of ketones is 1. The van der Waals surface area contributed by atoms with E-state index in [2.05, 4.69) is 11.4 Å². The molecule has 1 aliphatic heterocycles. The van der Waals surface area contributed by atoms with Gasteiger partial charge in [0.15, 0.2) is 5.78 Å². The summed E-state index contributed by atoms with van der Waals surface area (Å²) < 4.78 is 5.69. The minimum Gasteiger partial charge on any atom is -0.492 e. The number of fused-ring (bicyclic) bond motifs is 2. The summed E-state index contributed by atoms with van der Waals surface area (Å²) in [4.78, 5) is 14.5. The van der Waals surface area contributed by atoms with Crippen molar-refractivity contribution in [2.45, 2.75) is 16.2 Å². The Kier molecular flexibility index (Phi) is 4.27. The molecule has 3 nitrogen and oxygen atoms in total. The third-order valence-corrected chi connectivity index (χ3v) is 4.59. The third-order valence-electron chi connectivity index (χ3n) is 3.42. The van der Waals surface area contributed by atoms with Gasteiger partial charge < -0.3 is 10.1 Å². The summed E-state index contributed by atoms with van der Waals surface area (Å²) in [7, 11) is 1.89. The third kappa shape index (κ3) is 3.12. The van der Waals surface area contributed by atoms with Crippen LogP contribution in [0, 0.1) is 0 Å². The predicted octanol–water partition coefficient (Wildman–Crippen LogP) is 3.17. The van der Waals surface area contributed by atoms with E-state index >= 15 is 0 Å². The second kappa shape index (κ2) is 6.33. The molecule has 0 unspecified atom stereocenters. The van der Waals surface area contributed by atoms with Crippen molar-refractivity contribution >= 4 is 17.5 Å². The minimum absolute atomic E-state index is 0.171. The van der Waals surface area contributed by atoms with Crippen molar-refractivity contribution in [3.05, 3.63) is 53.6 Å². The van der Waals surface area contributed by atoms with Crippen molar-refractivity contribution in [3.63, 3.8) is 0 Å². The maximum absolute atomic E-state index is 12.4. The first-order valence-corrected chi connectivity index (χ1v) is 7.80. The average Bonchev–Trinajstić information content (AvgIpc) is 2.63. The van der Waals surface area contributed by atoms with E-state index in [9.17, 15) is 4.79 Å². The van der Waals surface area contributed by atoms with Gasteiger partial charge in [-0.25, -0.2) is 0 Å². The summed E-state index contributed by atoms with van der Waals surface area (Å²) in [6.45, 7) is 1.41. The van der Waals surface area contributed by atoms with Crippen molar-refractivity contribution < 1.29 is 9.53 Å². The maximum atomic E-state index is 12.4. The molecule has 0 atom stereocenters. The van der Waals surface area contributed by atoms with Crippen LogP contribution in [-0.2, 0) is 6.42 Å². The molecular formula is C17H17NO2S. The van der Waals surface area contributed by atoms with E-state index < -0.39 is 0 Å². The Balaban J connectivity index is 1.91. The van der Waals surface area contributed by atoms with Crippen LogP contribution < -0.4 is 10.1 Å². The lowest BCUT2D eigenvalue weighted by Crippen LogP contribution is -2.16. The molecule has 4 heteroatoms. The standard InChI is InChI=1S/C17H17NO2S/c1-18-8-9-20-13-6-7-14-15(19)10-12-4-2-3-5-16(12)21-17(14)11-13/h2-7,11,18H,8-10H2,1H3. The largest absolute Gasteiger partial charge is 0.492 e. The molecule has 0 aliphatic carbocycles. The Labute approximate surface area is 128 Å². The second-order valence-corrected chi connectivity index (χ2v) is 6.00. The van der Waals surface area contributed by atoms with Gasteiger partial charge in [0.1, 0.15) is 12.4 Å². The first-order chi connectivity index (χ1) is 10.3. The zero-order chi connectivity index (χ0) is 14.7. The van der Waals surface area contributed by atoms with Crippen LogP contribution in [0.4, 0.5) is 0 Å². The van der Waals surface area contributed by atoms with Gasteiger partial charge in [0.05, 0.1) is 0 Å². The zero-order valence-corrected chi connectivity index (χ0v) is 12.7. The molecule has 0 radical (unpaired) electrons. The van der Waals surface area contributed by atoms with Gasteiger partial charge in [-0.3, -0.25) is 4.79 Å². The van der Waals surface area contributed by atoms with E-state index in [-0.39, 0.29) is 5.78 Å². The highest BCUT2D eigenvalue weighted by atomic mass is 32.2. The number of carbonyl (C=O) groups excluding carboxylic acids is 1. The molecule has 0 saturated heterocycles. The highest BCUT2D eigenvalue weighted by Gasteiger charge is 2.20. The van der Waals surface area contributed by atoms with Gasteiger partial charge in [0.2, 0.25) is 0 Å². The highest BCUT2D eigenvalue weighted by Crippen LogP contribution is 2.38. The SMILES string of the molecule is CNCCOc1ccc2c(c1)Sc1ccccc1CC2=O. The molecule has 0 spiro atoms. The van der Waals surface area contributed by atoms with Crippen molar-refractivity contribution in [2.24, 2.45) is 0 Å². The molecule has 21 heavy (non-hydrogen) atoms. The first kappa shape index (κ1) is 14.2. The molecule has 0 saturated carbocycles. The molecule has 1 N–H and O–H groups in total. The summed E-state index contributed by atoms with van der Waals surface area (Å²) >= 11 is 1.64. The monoisotopic (exact) mass is 299 g/mol. The highest BCUT2D eigenvalue weighted by molar-refractivity contribution is 7.99.